The van der Waals surface area contributed by atoms with Gasteiger partial charge in [-0.25, -0.2) is 4.68 Å². The Morgan fingerprint density at radius 1 is 1.03 bits per heavy atom. The van der Waals surface area contributed by atoms with Crippen molar-refractivity contribution in [2.75, 3.05) is 4.90 Å². The van der Waals surface area contributed by atoms with E-state index >= 15 is 0 Å². The minimum Gasteiger partial charge on any atom is -0.348 e. The zero-order valence-electron chi connectivity index (χ0n) is 18.3. The monoisotopic (exact) mass is 471 g/mol. The van der Waals surface area contributed by atoms with Crippen LogP contribution in [0.4, 0.5) is 5.82 Å². The number of nitrogens with one attached hydrogen (secondary N) is 1. The van der Waals surface area contributed by atoms with Crippen molar-refractivity contribution in [2.45, 2.75) is 26.1 Å². The SMILES string of the molecule is O=C(NCc1cccnc1)c1ccc(CN2C(=O)CCn3nc(-c4ccc(Cl)cc4)cc32)cc1. The molecule has 0 saturated heterocycles. The molecule has 0 aliphatic carbocycles. The Bertz CT molecular complexity index is 1320. The van der Waals surface area contributed by atoms with E-state index in [9.17, 15) is 9.59 Å². The molecular formula is C26H22ClN5O2. The first-order valence-corrected chi connectivity index (χ1v) is 11.3. The van der Waals surface area contributed by atoms with Crippen LogP contribution in [0, 0.1) is 0 Å². The Kier molecular flexibility index (Phi) is 6.10. The van der Waals surface area contributed by atoms with E-state index in [0.29, 0.717) is 36.6 Å². The predicted octanol–water partition coefficient (Wildman–Crippen LogP) is 4.47. The second kappa shape index (κ2) is 9.49. The van der Waals surface area contributed by atoms with Gasteiger partial charge in [0.15, 0.2) is 0 Å². The molecule has 1 aliphatic rings. The number of pyridine rings is 1. The number of hydrogen-bond acceptors (Lipinski definition) is 4. The first-order chi connectivity index (χ1) is 16.6. The molecule has 1 N–H and O–H groups in total. The third-order valence-corrected chi connectivity index (χ3v) is 6.00. The molecular weight excluding hydrogens is 450 g/mol. The number of rotatable bonds is 6. The van der Waals surface area contributed by atoms with E-state index in [1.165, 1.54) is 0 Å². The molecule has 170 valence electrons. The maximum absolute atomic E-state index is 12.7. The van der Waals surface area contributed by atoms with E-state index in [1.807, 2.05) is 59.3 Å². The van der Waals surface area contributed by atoms with Gasteiger partial charge < -0.3 is 5.32 Å². The van der Waals surface area contributed by atoms with Crippen molar-refractivity contribution in [1.29, 1.82) is 0 Å². The van der Waals surface area contributed by atoms with Crippen LogP contribution in [0.5, 0.6) is 0 Å². The molecule has 0 atom stereocenters. The van der Waals surface area contributed by atoms with Gasteiger partial charge in [0.05, 0.1) is 18.8 Å². The number of carbonyl (C=O) groups is 2. The number of halogens is 1. The molecule has 3 heterocycles. The van der Waals surface area contributed by atoms with Crippen molar-refractivity contribution in [3.63, 3.8) is 0 Å². The molecule has 5 rings (SSSR count). The van der Waals surface area contributed by atoms with E-state index in [1.54, 1.807) is 29.4 Å². The molecule has 4 aromatic rings. The maximum Gasteiger partial charge on any atom is 0.251 e. The molecule has 0 saturated carbocycles. The lowest BCUT2D eigenvalue weighted by Gasteiger charge is -2.27. The number of nitrogens with zero attached hydrogens (tertiary/aromatic N) is 4. The van der Waals surface area contributed by atoms with E-state index < -0.39 is 0 Å². The highest BCUT2D eigenvalue weighted by Gasteiger charge is 2.26. The van der Waals surface area contributed by atoms with Gasteiger partial charge in [0.25, 0.3) is 5.91 Å². The highest BCUT2D eigenvalue weighted by Crippen LogP contribution is 2.30. The summed E-state index contributed by atoms with van der Waals surface area (Å²) in [6, 6.07) is 20.5. The summed E-state index contributed by atoms with van der Waals surface area (Å²) in [6.07, 6.45) is 3.81. The van der Waals surface area contributed by atoms with Gasteiger partial charge in [-0.1, -0.05) is 41.9 Å². The third-order valence-electron chi connectivity index (χ3n) is 5.75. The van der Waals surface area contributed by atoms with Crippen molar-refractivity contribution in [1.82, 2.24) is 20.1 Å². The largest absolute Gasteiger partial charge is 0.348 e. The average molecular weight is 472 g/mol. The molecule has 8 heteroatoms. The number of aryl methyl sites for hydroxylation is 1. The fourth-order valence-electron chi connectivity index (χ4n) is 3.92. The fraction of sp³-hybridized carbons (Fsp3) is 0.154. The second-order valence-electron chi connectivity index (χ2n) is 8.09. The average Bonchev–Trinajstić information content (AvgIpc) is 3.30. The van der Waals surface area contributed by atoms with E-state index in [0.717, 1.165) is 28.2 Å². The summed E-state index contributed by atoms with van der Waals surface area (Å²) in [5.74, 6) is 0.656. The predicted molar refractivity (Wildman–Crippen MR) is 130 cm³/mol. The fourth-order valence-corrected chi connectivity index (χ4v) is 4.04. The van der Waals surface area contributed by atoms with Gasteiger partial charge in [0, 0.05) is 47.6 Å². The van der Waals surface area contributed by atoms with Gasteiger partial charge in [-0.3, -0.25) is 19.5 Å². The van der Waals surface area contributed by atoms with E-state index in [2.05, 4.69) is 15.4 Å². The molecule has 0 radical (unpaired) electrons. The highest BCUT2D eigenvalue weighted by atomic mass is 35.5. The van der Waals surface area contributed by atoms with Crippen LogP contribution in [0.25, 0.3) is 11.3 Å². The molecule has 0 unspecified atom stereocenters. The summed E-state index contributed by atoms with van der Waals surface area (Å²) in [5, 5.41) is 8.24. The molecule has 7 nitrogen and oxygen atoms in total. The summed E-state index contributed by atoms with van der Waals surface area (Å²) in [4.78, 5) is 31.0. The van der Waals surface area contributed by atoms with Crippen molar-refractivity contribution < 1.29 is 9.59 Å². The highest BCUT2D eigenvalue weighted by molar-refractivity contribution is 6.30. The first-order valence-electron chi connectivity index (χ1n) is 11.0. The number of benzene rings is 2. The van der Waals surface area contributed by atoms with Crippen LogP contribution in [-0.2, 0) is 24.4 Å². The Balaban J connectivity index is 1.29. The number of carbonyl (C=O) groups excluding carboxylic acids is 2. The van der Waals surface area contributed by atoms with Crippen LogP contribution < -0.4 is 10.2 Å². The van der Waals surface area contributed by atoms with Crippen molar-refractivity contribution >= 4 is 29.2 Å². The van der Waals surface area contributed by atoms with Crippen molar-refractivity contribution in [2.24, 2.45) is 0 Å². The quantitative estimate of drug-likeness (QED) is 0.450. The topological polar surface area (TPSA) is 80.1 Å². The molecule has 0 spiro atoms. The number of anilines is 1. The summed E-state index contributed by atoms with van der Waals surface area (Å²) >= 11 is 6.00. The molecule has 2 aromatic heterocycles. The van der Waals surface area contributed by atoms with Crippen molar-refractivity contribution in [3.8, 4) is 11.3 Å². The van der Waals surface area contributed by atoms with Crippen molar-refractivity contribution in [3.05, 3.63) is 101 Å². The zero-order chi connectivity index (χ0) is 23.5. The lowest BCUT2D eigenvalue weighted by molar-refractivity contribution is -0.119. The minimum atomic E-state index is -0.157. The molecule has 34 heavy (non-hydrogen) atoms. The Labute approximate surface area is 202 Å². The van der Waals surface area contributed by atoms with Crippen LogP contribution in [0.15, 0.2) is 79.1 Å². The summed E-state index contributed by atoms with van der Waals surface area (Å²) < 4.78 is 1.87. The van der Waals surface area contributed by atoms with Crippen LogP contribution in [0.3, 0.4) is 0 Å². The number of hydrogen-bond donors (Lipinski definition) is 1. The number of amides is 2. The van der Waals surface area contributed by atoms with E-state index in [4.69, 9.17) is 11.6 Å². The standard InChI is InChI=1S/C26H22ClN5O2/c27-22-9-7-20(8-10-22)23-14-24-31(25(33)11-13-32(24)30-23)17-18-3-5-21(6-4-18)26(34)29-16-19-2-1-12-28-15-19/h1-10,12,14-15H,11,13,16-17H2,(H,29,34). The van der Waals surface area contributed by atoms with Crippen LogP contribution in [0.2, 0.25) is 5.02 Å². The molecule has 1 aliphatic heterocycles. The molecule has 2 aromatic carbocycles. The molecule has 2 amide bonds. The van der Waals surface area contributed by atoms with Gasteiger partial charge in [0.2, 0.25) is 5.91 Å². The zero-order valence-corrected chi connectivity index (χ0v) is 19.1. The second-order valence-corrected chi connectivity index (χ2v) is 8.53. The summed E-state index contributed by atoms with van der Waals surface area (Å²) in [7, 11) is 0. The maximum atomic E-state index is 12.7. The third kappa shape index (κ3) is 4.70. The lowest BCUT2D eigenvalue weighted by atomic mass is 10.1. The first kappa shape index (κ1) is 21.9. The van der Waals surface area contributed by atoms with Crippen LogP contribution in [0.1, 0.15) is 27.9 Å². The summed E-state index contributed by atoms with van der Waals surface area (Å²) in [6.45, 7) is 1.37. The Morgan fingerprint density at radius 2 is 1.82 bits per heavy atom. The van der Waals surface area contributed by atoms with Gasteiger partial charge in [-0.05, 0) is 41.5 Å². The smallest absolute Gasteiger partial charge is 0.251 e. The minimum absolute atomic E-state index is 0.0494. The normalized spacial score (nSPS) is 13.0. The number of aromatic nitrogens is 3. The molecule has 0 bridgehead atoms. The van der Waals surface area contributed by atoms with Crippen LogP contribution in [-0.4, -0.2) is 26.6 Å². The molecule has 0 fully saturated rings. The van der Waals surface area contributed by atoms with Gasteiger partial charge in [-0.2, -0.15) is 5.10 Å². The van der Waals surface area contributed by atoms with Gasteiger partial charge in [0.1, 0.15) is 5.82 Å². The summed E-state index contributed by atoms with van der Waals surface area (Å²) in [5.41, 5.74) is 4.17. The van der Waals surface area contributed by atoms with Gasteiger partial charge in [-0.15, -0.1) is 0 Å². The van der Waals surface area contributed by atoms with Gasteiger partial charge >= 0.3 is 0 Å². The van der Waals surface area contributed by atoms with Crippen LogP contribution >= 0.6 is 11.6 Å². The Hall–Kier alpha value is -3.97. The Morgan fingerprint density at radius 3 is 2.56 bits per heavy atom. The lowest BCUT2D eigenvalue weighted by Crippen LogP contribution is -2.36. The van der Waals surface area contributed by atoms with E-state index in [-0.39, 0.29) is 11.8 Å². The number of fused-ring (bicyclic) bond motifs is 1.